The lowest BCUT2D eigenvalue weighted by molar-refractivity contribution is -0.117. The third-order valence-electron chi connectivity index (χ3n) is 4.00. The van der Waals surface area contributed by atoms with Crippen molar-refractivity contribution in [1.29, 1.82) is 0 Å². The molecule has 2 aliphatic heterocycles. The summed E-state index contributed by atoms with van der Waals surface area (Å²) in [7, 11) is 0. The average Bonchev–Trinajstić information content (AvgIpc) is 2.54. The fourth-order valence-corrected chi connectivity index (χ4v) is 2.92. The Balaban J connectivity index is 1.66. The molecular weight excluding hydrogens is 330 g/mol. The highest BCUT2D eigenvalue weighted by Gasteiger charge is 2.21. The third-order valence-corrected chi connectivity index (χ3v) is 4.00. The van der Waals surface area contributed by atoms with Crippen LogP contribution in [0.15, 0.2) is 35.1 Å². The summed E-state index contributed by atoms with van der Waals surface area (Å²) >= 11 is 0. The van der Waals surface area contributed by atoms with E-state index in [4.69, 9.17) is 4.74 Å². The maximum absolute atomic E-state index is 13.2. The highest BCUT2D eigenvalue weighted by molar-refractivity contribution is 6.14. The first-order valence-corrected chi connectivity index (χ1v) is 8.10. The second-order valence-corrected chi connectivity index (χ2v) is 6.09. The van der Waals surface area contributed by atoms with Crippen LogP contribution in [-0.4, -0.2) is 48.5 Å². The molecule has 0 saturated carbocycles. The fourth-order valence-electron chi connectivity index (χ4n) is 2.92. The van der Waals surface area contributed by atoms with Gasteiger partial charge >= 0.3 is 0 Å². The van der Waals surface area contributed by atoms with Crippen LogP contribution in [0, 0.1) is 11.6 Å². The van der Waals surface area contributed by atoms with Gasteiger partial charge in [-0.15, -0.1) is 0 Å². The monoisotopic (exact) mass is 348 g/mol. The number of hydrogen-bond acceptors (Lipinski definition) is 5. The Labute approximate surface area is 144 Å². The summed E-state index contributed by atoms with van der Waals surface area (Å²) in [5, 5.41) is 0. The number of ether oxygens (including phenoxy) is 1. The van der Waals surface area contributed by atoms with E-state index in [0.29, 0.717) is 37.8 Å². The maximum Gasteiger partial charge on any atom is 0.164 e. The Hall–Kier alpha value is -2.41. The molecule has 0 amide bonds. The van der Waals surface area contributed by atoms with Gasteiger partial charge in [0.25, 0.3) is 0 Å². The molecule has 132 valence electrons. The van der Waals surface area contributed by atoms with E-state index in [0.717, 1.165) is 18.2 Å². The lowest BCUT2D eigenvalue weighted by atomic mass is 10.0. The van der Waals surface area contributed by atoms with Crippen LogP contribution in [0.1, 0.15) is 18.4 Å². The van der Waals surface area contributed by atoms with Gasteiger partial charge in [-0.2, -0.15) is 0 Å². The predicted octanol–water partition coefficient (Wildman–Crippen LogP) is 2.05. The number of aliphatic imine (C=N–C) groups is 1. The van der Waals surface area contributed by atoms with Crippen molar-refractivity contribution in [2.75, 3.05) is 26.3 Å². The molecule has 1 aromatic rings. The van der Waals surface area contributed by atoms with Crippen molar-refractivity contribution < 1.29 is 23.1 Å². The molecule has 2 heterocycles. The Bertz CT molecular complexity index is 732. The van der Waals surface area contributed by atoms with Crippen molar-refractivity contribution in [3.8, 4) is 0 Å². The van der Waals surface area contributed by atoms with Gasteiger partial charge in [-0.3, -0.25) is 9.59 Å². The molecule has 7 heteroatoms. The molecule has 0 radical (unpaired) electrons. The first kappa shape index (κ1) is 17.4. The van der Waals surface area contributed by atoms with Crippen LogP contribution < -0.4 is 0 Å². The van der Waals surface area contributed by atoms with Crippen molar-refractivity contribution in [1.82, 2.24) is 4.90 Å². The van der Waals surface area contributed by atoms with E-state index in [1.807, 2.05) is 4.90 Å². The fraction of sp³-hybridized carbons (Fsp3) is 0.389. The summed E-state index contributed by atoms with van der Waals surface area (Å²) in [5.41, 5.74) is 0.755. The van der Waals surface area contributed by atoms with Crippen LogP contribution >= 0.6 is 0 Å². The number of ketones is 2. The summed E-state index contributed by atoms with van der Waals surface area (Å²) < 4.78 is 31.7. The van der Waals surface area contributed by atoms with E-state index in [-0.39, 0.29) is 36.4 Å². The molecule has 0 unspecified atom stereocenters. The van der Waals surface area contributed by atoms with E-state index in [1.165, 1.54) is 6.08 Å². The Morgan fingerprint density at radius 1 is 1.12 bits per heavy atom. The number of allylic oxidation sites excluding steroid dienone is 1. The molecule has 0 atom stereocenters. The standard InChI is InChI=1S/C18H18F2N2O3/c19-13-5-12(6-14(20)8-13)7-16(23)9-15-10-17(24)11-18(21-15)22-1-3-25-4-2-22/h5-6,8,11H,1-4,7,9-10H2. The van der Waals surface area contributed by atoms with Gasteiger partial charge in [0, 0.05) is 50.2 Å². The average molecular weight is 348 g/mol. The van der Waals surface area contributed by atoms with Gasteiger partial charge in [0.1, 0.15) is 23.2 Å². The van der Waals surface area contributed by atoms with Crippen LogP contribution in [0.4, 0.5) is 8.78 Å². The minimum atomic E-state index is -0.717. The van der Waals surface area contributed by atoms with Crippen LogP contribution in [0.25, 0.3) is 0 Å². The third kappa shape index (κ3) is 4.79. The van der Waals surface area contributed by atoms with Crippen molar-refractivity contribution >= 4 is 17.3 Å². The largest absolute Gasteiger partial charge is 0.378 e. The second-order valence-electron chi connectivity index (χ2n) is 6.09. The zero-order valence-corrected chi connectivity index (χ0v) is 13.6. The lowest BCUT2D eigenvalue weighted by Crippen LogP contribution is -2.36. The van der Waals surface area contributed by atoms with Gasteiger partial charge in [0.15, 0.2) is 5.78 Å². The maximum atomic E-state index is 13.2. The first-order valence-electron chi connectivity index (χ1n) is 8.10. The first-order chi connectivity index (χ1) is 12.0. The number of benzene rings is 1. The number of nitrogens with zero attached hydrogens (tertiary/aromatic N) is 2. The van der Waals surface area contributed by atoms with Crippen molar-refractivity contribution in [3.63, 3.8) is 0 Å². The molecular formula is C18H18F2N2O3. The number of morpholine rings is 1. The molecule has 2 aliphatic rings. The molecule has 1 fully saturated rings. The van der Waals surface area contributed by atoms with Crippen LogP contribution in [0.3, 0.4) is 0 Å². The molecule has 0 N–H and O–H groups in total. The zero-order chi connectivity index (χ0) is 17.8. The van der Waals surface area contributed by atoms with Crippen molar-refractivity contribution in [2.24, 2.45) is 4.99 Å². The van der Waals surface area contributed by atoms with Gasteiger partial charge in [-0.25, -0.2) is 13.8 Å². The number of hydrogen-bond donors (Lipinski definition) is 0. The van der Waals surface area contributed by atoms with Crippen molar-refractivity contribution in [2.45, 2.75) is 19.3 Å². The Morgan fingerprint density at radius 2 is 1.80 bits per heavy atom. The van der Waals surface area contributed by atoms with E-state index in [9.17, 15) is 18.4 Å². The summed E-state index contributed by atoms with van der Waals surface area (Å²) in [4.78, 5) is 30.5. The number of rotatable bonds is 5. The zero-order valence-electron chi connectivity index (χ0n) is 13.6. The molecule has 0 aromatic heterocycles. The minimum Gasteiger partial charge on any atom is -0.378 e. The molecule has 1 aromatic carbocycles. The summed E-state index contributed by atoms with van der Waals surface area (Å²) in [5.74, 6) is -1.22. The van der Waals surface area contributed by atoms with Crippen LogP contribution in [0.5, 0.6) is 0 Å². The number of carbonyl (C=O) groups excluding carboxylic acids is 2. The summed E-state index contributed by atoms with van der Waals surface area (Å²) in [6.07, 6.45) is 1.47. The highest BCUT2D eigenvalue weighted by Crippen LogP contribution is 2.17. The van der Waals surface area contributed by atoms with E-state index in [2.05, 4.69) is 4.99 Å². The number of Topliss-reactive ketones (excluding diaryl/α,β-unsaturated/α-hetero) is 1. The SMILES string of the molecule is O=C1C=C(N2CCOCC2)N=C(CC(=O)Cc2cc(F)cc(F)c2)C1. The van der Waals surface area contributed by atoms with Gasteiger partial charge in [-0.1, -0.05) is 0 Å². The number of halogens is 2. The Kier molecular flexibility index (Phi) is 5.33. The lowest BCUT2D eigenvalue weighted by Gasteiger charge is -2.30. The van der Waals surface area contributed by atoms with Gasteiger partial charge in [0.05, 0.1) is 13.2 Å². The van der Waals surface area contributed by atoms with Gasteiger partial charge in [0.2, 0.25) is 0 Å². The number of carbonyl (C=O) groups is 2. The second kappa shape index (κ2) is 7.65. The molecule has 1 saturated heterocycles. The quantitative estimate of drug-likeness (QED) is 0.817. The smallest absolute Gasteiger partial charge is 0.164 e. The van der Waals surface area contributed by atoms with Crippen LogP contribution in [-0.2, 0) is 20.7 Å². The molecule has 0 aliphatic carbocycles. The van der Waals surface area contributed by atoms with Gasteiger partial charge in [-0.05, 0) is 17.7 Å². The normalized spacial score (nSPS) is 18.0. The molecule has 25 heavy (non-hydrogen) atoms. The topological polar surface area (TPSA) is 59.0 Å². The molecule has 3 rings (SSSR count). The van der Waals surface area contributed by atoms with E-state index in [1.54, 1.807) is 0 Å². The molecule has 0 bridgehead atoms. The predicted molar refractivity (Wildman–Crippen MR) is 87.2 cm³/mol. The summed E-state index contributed by atoms with van der Waals surface area (Å²) in [6.45, 7) is 2.43. The Morgan fingerprint density at radius 3 is 2.48 bits per heavy atom. The van der Waals surface area contributed by atoms with Crippen molar-refractivity contribution in [3.05, 3.63) is 47.3 Å². The molecule has 0 spiro atoms. The van der Waals surface area contributed by atoms with E-state index < -0.39 is 11.6 Å². The highest BCUT2D eigenvalue weighted by atomic mass is 19.1. The van der Waals surface area contributed by atoms with Crippen LogP contribution in [0.2, 0.25) is 0 Å². The van der Waals surface area contributed by atoms with E-state index >= 15 is 0 Å². The van der Waals surface area contributed by atoms with Gasteiger partial charge < -0.3 is 9.64 Å². The minimum absolute atomic E-state index is 0.00838. The summed E-state index contributed by atoms with van der Waals surface area (Å²) in [6, 6.07) is 3.03. The molecule has 5 nitrogen and oxygen atoms in total.